The zero-order valence-electron chi connectivity index (χ0n) is 10.1. The Hall–Kier alpha value is -1.94. The monoisotopic (exact) mass is 240 g/mol. The summed E-state index contributed by atoms with van der Waals surface area (Å²) in [4.78, 5) is 8.87. The predicted molar refractivity (Wildman–Crippen MR) is 71.7 cm³/mol. The lowest BCUT2D eigenvalue weighted by Crippen LogP contribution is -2.14. The standard InChI is InChI=1S/C14H16N4/c1-2-9-16-13(7-1)18-14-8-3-5-12(17-14)11-6-4-10-15-11/h1-3,5,7-9,11,15H,4,6,10H2,(H,16,17,18)/t11-/m0/s1. The highest BCUT2D eigenvalue weighted by molar-refractivity contribution is 5.51. The van der Waals surface area contributed by atoms with Crippen molar-refractivity contribution in [1.29, 1.82) is 0 Å². The van der Waals surface area contributed by atoms with Gasteiger partial charge in [-0.15, -0.1) is 0 Å². The Morgan fingerprint density at radius 1 is 1.11 bits per heavy atom. The molecule has 1 aliphatic heterocycles. The smallest absolute Gasteiger partial charge is 0.131 e. The SMILES string of the molecule is c1ccc(Nc2cccc([C@@H]3CCCN3)n2)nc1. The predicted octanol–water partition coefficient (Wildman–Crippen LogP) is 2.64. The first-order valence-corrected chi connectivity index (χ1v) is 6.30. The number of pyridine rings is 2. The highest BCUT2D eigenvalue weighted by atomic mass is 15.1. The average Bonchev–Trinajstić information content (AvgIpc) is 2.94. The molecule has 2 aromatic heterocycles. The first-order valence-electron chi connectivity index (χ1n) is 6.30. The Balaban J connectivity index is 1.78. The Morgan fingerprint density at radius 3 is 2.83 bits per heavy atom. The van der Waals surface area contributed by atoms with Gasteiger partial charge in [0.05, 0.1) is 5.69 Å². The van der Waals surface area contributed by atoms with Crippen LogP contribution in [0.5, 0.6) is 0 Å². The van der Waals surface area contributed by atoms with Gasteiger partial charge in [-0.25, -0.2) is 9.97 Å². The van der Waals surface area contributed by atoms with Crippen molar-refractivity contribution in [2.45, 2.75) is 18.9 Å². The zero-order chi connectivity index (χ0) is 12.2. The summed E-state index contributed by atoms with van der Waals surface area (Å²) in [5, 5.41) is 6.68. The minimum atomic E-state index is 0.399. The van der Waals surface area contributed by atoms with Gasteiger partial charge in [-0.2, -0.15) is 0 Å². The van der Waals surface area contributed by atoms with Gasteiger partial charge in [0.15, 0.2) is 0 Å². The summed E-state index contributed by atoms with van der Waals surface area (Å²) < 4.78 is 0. The van der Waals surface area contributed by atoms with E-state index >= 15 is 0 Å². The van der Waals surface area contributed by atoms with Crippen molar-refractivity contribution in [3.8, 4) is 0 Å². The van der Waals surface area contributed by atoms with Crippen LogP contribution in [0.15, 0.2) is 42.6 Å². The molecule has 0 aromatic carbocycles. The molecule has 3 rings (SSSR count). The average molecular weight is 240 g/mol. The normalized spacial score (nSPS) is 18.8. The van der Waals surface area contributed by atoms with Crippen LogP contribution >= 0.6 is 0 Å². The lowest BCUT2D eigenvalue weighted by Gasteiger charge is -2.11. The van der Waals surface area contributed by atoms with Crippen LogP contribution in [0.2, 0.25) is 0 Å². The number of nitrogens with one attached hydrogen (secondary N) is 2. The van der Waals surface area contributed by atoms with Gasteiger partial charge in [0, 0.05) is 12.2 Å². The number of rotatable bonds is 3. The Labute approximate surface area is 106 Å². The summed E-state index contributed by atoms with van der Waals surface area (Å²) in [5.41, 5.74) is 1.11. The van der Waals surface area contributed by atoms with Crippen molar-refractivity contribution in [1.82, 2.24) is 15.3 Å². The molecule has 0 saturated carbocycles. The molecule has 3 heterocycles. The molecule has 0 aliphatic carbocycles. The number of aromatic nitrogens is 2. The molecule has 2 aromatic rings. The van der Waals surface area contributed by atoms with E-state index in [9.17, 15) is 0 Å². The van der Waals surface area contributed by atoms with Gasteiger partial charge in [-0.3, -0.25) is 0 Å². The van der Waals surface area contributed by atoms with E-state index < -0.39 is 0 Å². The van der Waals surface area contributed by atoms with E-state index in [1.807, 2.05) is 30.3 Å². The Bertz CT molecular complexity index is 506. The molecule has 1 saturated heterocycles. The Morgan fingerprint density at radius 2 is 2.06 bits per heavy atom. The van der Waals surface area contributed by atoms with Crippen LogP contribution in [0, 0.1) is 0 Å². The van der Waals surface area contributed by atoms with Crippen LogP contribution < -0.4 is 10.6 Å². The first-order chi connectivity index (χ1) is 8.92. The van der Waals surface area contributed by atoms with Crippen molar-refractivity contribution in [3.63, 3.8) is 0 Å². The molecule has 92 valence electrons. The van der Waals surface area contributed by atoms with Gasteiger partial charge in [0.25, 0.3) is 0 Å². The topological polar surface area (TPSA) is 49.8 Å². The van der Waals surface area contributed by atoms with Crippen LogP contribution in [0.1, 0.15) is 24.6 Å². The van der Waals surface area contributed by atoms with Crippen molar-refractivity contribution in [3.05, 3.63) is 48.3 Å². The molecule has 0 spiro atoms. The van der Waals surface area contributed by atoms with E-state index in [0.29, 0.717) is 6.04 Å². The molecule has 0 bridgehead atoms. The van der Waals surface area contributed by atoms with Crippen molar-refractivity contribution >= 4 is 11.6 Å². The third kappa shape index (κ3) is 2.49. The van der Waals surface area contributed by atoms with Crippen molar-refractivity contribution < 1.29 is 0 Å². The quantitative estimate of drug-likeness (QED) is 0.866. The van der Waals surface area contributed by atoms with E-state index in [2.05, 4.69) is 26.7 Å². The first kappa shape index (κ1) is 11.2. The fraction of sp³-hybridized carbons (Fsp3) is 0.286. The maximum atomic E-state index is 4.64. The maximum absolute atomic E-state index is 4.64. The van der Waals surface area contributed by atoms with Gasteiger partial charge >= 0.3 is 0 Å². The maximum Gasteiger partial charge on any atom is 0.131 e. The number of hydrogen-bond acceptors (Lipinski definition) is 4. The summed E-state index contributed by atoms with van der Waals surface area (Å²) in [7, 11) is 0. The van der Waals surface area contributed by atoms with E-state index in [1.165, 1.54) is 12.8 Å². The minimum Gasteiger partial charge on any atom is -0.325 e. The summed E-state index contributed by atoms with van der Waals surface area (Å²) in [6.07, 6.45) is 4.16. The van der Waals surface area contributed by atoms with E-state index in [4.69, 9.17) is 0 Å². The number of nitrogens with zero attached hydrogens (tertiary/aromatic N) is 2. The molecule has 1 aliphatic rings. The second-order valence-electron chi connectivity index (χ2n) is 4.44. The molecule has 0 amide bonds. The molecular weight excluding hydrogens is 224 g/mol. The van der Waals surface area contributed by atoms with E-state index in [0.717, 1.165) is 23.9 Å². The second kappa shape index (κ2) is 5.14. The molecule has 0 radical (unpaired) electrons. The molecule has 2 N–H and O–H groups in total. The minimum absolute atomic E-state index is 0.399. The van der Waals surface area contributed by atoms with Crippen LogP contribution in [0.4, 0.5) is 11.6 Å². The summed E-state index contributed by atoms with van der Waals surface area (Å²) >= 11 is 0. The summed E-state index contributed by atoms with van der Waals surface area (Å²) in [6.45, 7) is 1.09. The van der Waals surface area contributed by atoms with Gasteiger partial charge in [0.2, 0.25) is 0 Å². The largest absolute Gasteiger partial charge is 0.325 e. The van der Waals surface area contributed by atoms with Gasteiger partial charge in [0.1, 0.15) is 11.6 Å². The lowest BCUT2D eigenvalue weighted by atomic mass is 10.1. The Kier molecular flexibility index (Phi) is 3.19. The molecule has 4 heteroatoms. The van der Waals surface area contributed by atoms with E-state index in [-0.39, 0.29) is 0 Å². The third-order valence-corrected chi connectivity index (χ3v) is 3.11. The lowest BCUT2D eigenvalue weighted by molar-refractivity contribution is 0.629. The molecule has 4 nitrogen and oxygen atoms in total. The van der Waals surface area contributed by atoms with Gasteiger partial charge in [-0.05, 0) is 43.7 Å². The number of anilines is 2. The molecule has 18 heavy (non-hydrogen) atoms. The highest BCUT2D eigenvalue weighted by Gasteiger charge is 2.17. The third-order valence-electron chi connectivity index (χ3n) is 3.11. The molecular formula is C14H16N4. The fourth-order valence-corrected chi connectivity index (χ4v) is 2.22. The zero-order valence-corrected chi connectivity index (χ0v) is 10.1. The van der Waals surface area contributed by atoms with Crippen LogP contribution in [-0.2, 0) is 0 Å². The van der Waals surface area contributed by atoms with Crippen LogP contribution in [0.25, 0.3) is 0 Å². The summed E-state index contributed by atoms with van der Waals surface area (Å²) in [6, 6.07) is 12.3. The van der Waals surface area contributed by atoms with Crippen molar-refractivity contribution in [2.75, 3.05) is 11.9 Å². The molecule has 1 atom stereocenters. The molecule has 1 fully saturated rings. The summed E-state index contributed by atoms with van der Waals surface area (Å²) in [5.74, 6) is 1.67. The fourth-order valence-electron chi connectivity index (χ4n) is 2.22. The van der Waals surface area contributed by atoms with Crippen LogP contribution in [-0.4, -0.2) is 16.5 Å². The van der Waals surface area contributed by atoms with Gasteiger partial charge < -0.3 is 10.6 Å². The molecule has 0 unspecified atom stereocenters. The number of hydrogen-bond donors (Lipinski definition) is 2. The van der Waals surface area contributed by atoms with Gasteiger partial charge in [-0.1, -0.05) is 12.1 Å². The second-order valence-corrected chi connectivity index (χ2v) is 4.44. The van der Waals surface area contributed by atoms with Crippen LogP contribution in [0.3, 0.4) is 0 Å². The van der Waals surface area contributed by atoms with E-state index in [1.54, 1.807) is 6.20 Å². The highest BCUT2D eigenvalue weighted by Crippen LogP contribution is 2.22. The van der Waals surface area contributed by atoms with Crippen molar-refractivity contribution in [2.24, 2.45) is 0 Å².